The van der Waals surface area contributed by atoms with Crippen molar-refractivity contribution in [2.45, 2.75) is 37.8 Å². The van der Waals surface area contributed by atoms with Crippen LogP contribution >= 0.6 is 22.9 Å². The lowest BCUT2D eigenvalue weighted by atomic mass is 9.97. The van der Waals surface area contributed by atoms with Crippen LogP contribution in [-0.2, 0) is 6.54 Å². The molecule has 6 nitrogen and oxygen atoms in total. The molecule has 2 amide bonds. The molecule has 3 aromatic rings. The maximum absolute atomic E-state index is 14.2. The highest BCUT2D eigenvalue weighted by Crippen LogP contribution is 2.32. The van der Waals surface area contributed by atoms with Crippen molar-refractivity contribution in [2.24, 2.45) is 0 Å². The molecule has 0 radical (unpaired) electrons. The van der Waals surface area contributed by atoms with Crippen molar-refractivity contribution in [1.82, 2.24) is 20.1 Å². The Hall–Kier alpha value is -2.81. The van der Waals surface area contributed by atoms with Gasteiger partial charge in [0.05, 0.1) is 15.6 Å². The molecule has 2 fully saturated rings. The number of carbonyl (C=O) groups is 2. The summed E-state index contributed by atoms with van der Waals surface area (Å²) < 4.78 is 14.2. The smallest absolute Gasteiger partial charge is 0.271 e. The van der Waals surface area contributed by atoms with E-state index in [-0.39, 0.29) is 34.4 Å². The zero-order chi connectivity index (χ0) is 25.1. The number of piperidine rings is 1. The summed E-state index contributed by atoms with van der Waals surface area (Å²) in [6.45, 7) is 3.66. The summed E-state index contributed by atoms with van der Waals surface area (Å²) in [5, 5.41) is 6.00. The van der Waals surface area contributed by atoms with E-state index in [1.54, 1.807) is 4.90 Å². The lowest BCUT2D eigenvalue weighted by Gasteiger charge is -2.31. The second-order valence-corrected chi connectivity index (χ2v) is 10.7. The first-order chi connectivity index (χ1) is 17.5. The van der Waals surface area contributed by atoms with Crippen LogP contribution in [0.15, 0.2) is 53.9 Å². The van der Waals surface area contributed by atoms with Gasteiger partial charge in [0, 0.05) is 50.1 Å². The van der Waals surface area contributed by atoms with E-state index in [1.165, 1.54) is 35.1 Å². The third kappa shape index (κ3) is 5.61. The van der Waals surface area contributed by atoms with Gasteiger partial charge in [-0.1, -0.05) is 48.0 Å². The number of amides is 2. The van der Waals surface area contributed by atoms with Gasteiger partial charge >= 0.3 is 0 Å². The fraction of sp³-hybridized carbons (Fsp3) is 0.370. The molecule has 36 heavy (non-hydrogen) atoms. The van der Waals surface area contributed by atoms with Gasteiger partial charge < -0.3 is 10.2 Å². The van der Waals surface area contributed by atoms with Gasteiger partial charge in [-0.15, -0.1) is 11.3 Å². The van der Waals surface area contributed by atoms with Crippen molar-refractivity contribution < 1.29 is 14.0 Å². The number of thiazole rings is 1. The largest absolute Gasteiger partial charge is 0.347 e. The van der Waals surface area contributed by atoms with E-state index in [1.807, 2.05) is 23.6 Å². The van der Waals surface area contributed by atoms with Crippen LogP contribution in [0, 0.1) is 5.82 Å². The summed E-state index contributed by atoms with van der Waals surface area (Å²) in [5.41, 5.74) is 1.66. The number of halogens is 2. The second kappa shape index (κ2) is 11.1. The minimum atomic E-state index is -0.601. The zero-order valence-corrected chi connectivity index (χ0v) is 21.4. The van der Waals surface area contributed by atoms with Gasteiger partial charge in [0.25, 0.3) is 11.8 Å². The molecule has 188 valence electrons. The number of likely N-dealkylation sites (tertiary alicyclic amines) is 2. The van der Waals surface area contributed by atoms with Gasteiger partial charge in [0.15, 0.2) is 0 Å². The van der Waals surface area contributed by atoms with Crippen LogP contribution in [0.2, 0.25) is 5.02 Å². The molecule has 9 heteroatoms. The normalized spacial score (nSPS) is 18.9. The quantitative estimate of drug-likeness (QED) is 0.493. The van der Waals surface area contributed by atoms with Crippen LogP contribution in [0.3, 0.4) is 0 Å². The number of benzene rings is 2. The number of nitrogens with one attached hydrogen (secondary N) is 1. The predicted octanol–water partition coefficient (Wildman–Crippen LogP) is 4.96. The average molecular weight is 527 g/mol. The Morgan fingerprint density at radius 1 is 1.06 bits per heavy atom. The highest BCUT2D eigenvalue weighted by atomic mass is 35.5. The molecule has 0 aliphatic carbocycles. The third-order valence-corrected chi connectivity index (χ3v) is 8.24. The van der Waals surface area contributed by atoms with Gasteiger partial charge in [-0.25, -0.2) is 9.37 Å². The monoisotopic (exact) mass is 526 g/mol. The topological polar surface area (TPSA) is 65.5 Å². The molecular weight excluding hydrogens is 499 g/mol. The molecule has 2 saturated heterocycles. The molecule has 2 aliphatic rings. The SMILES string of the molecule is O=C(NC1CCN(Cc2ccccc2)C1)c1csc(C2CCN(C(=O)c3c(F)cccc3Cl)CC2)n1. The number of rotatable bonds is 6. The zero-order valence-electron chi connectivity index (χ0n) is 19.8. The number of nitrogens with zero attached hydrogens (tertiary/aromatic N) is 3. The molecule has 0 spiro atoms. The Morgan fingerprint density at radius 2 is 1.83 bits per heavy atom. The van der Waals surface area contributed by atoms with E-state index in [0.29, 0.717) is 31.6 Å². The number of hydrogen-bond acceptors (Lipinski definition) is 5. The molecule has 1 atom stereocenters. The Bertz CT molecular complexity index is 1210. The first-order valence-corrected chi connectivity index (χ1v) is 13.5. The molecule has 3 heterocycles. The Morgan fingerprint density at radius 3 is 2.58 bits per heavy atom. The summed E-state index contributed by atoms with van der Waals surface area (Å²) in [4.78, 5) is 34.3. The maximum Gasteiger partial charge on any atom is 0.271 e. The van der Waals surface area contributed by atoms with E-state index in [0.717, 1.165) is 31.1 Å². The van der Waals surface area contributed by atoms with Gasteiger partial charge in [0.2, 0.25) is 0 Å². The molecule has 0 saturated carbocycles. The fourth-order valence-corrected chi connectivity index (χ4v) is 6.18. The summed E-state index contributed by atoms with van der Waals surface area (Å²) in [6.07, 6.45) is 2.35. The lowest BCUT2D eigenvalue weighted by molar-refractivity contribution is 0.0708. The van der Waals surface area contributed by atoms with Crippen LogP contribution in [0.25, 0.3) is 0 Å². The van der Waals surface area contributed by atoms with E-state index >= 15 is 0 Å². The van der Waals surface area contributed by atoms with Gasteiger partial charge in [-0.3, -0.25) is 14.5 Å². The Labute approximate surface area is 219 Å². The average Bonchev–Trinajstić information content (AvgIpc) is 3.55. The molecule has 1 aromatic heterocycles. The van der Waals surface area contributed by atoms with Gasteiger partial charge in [-0.05, 0) is 37.0 Å². The van der Waals surface area contributed by atoms with Crippen molar-refractivity contribution in [2.75, 3.05) is 26.2 Å². The summed E-state index contributed by atoms with van der Waals surface area (Å²) in [5.74, 6) is -0.945. The molecule has 1 N–H and O–H groups in total. The summed E-state index contributed by atoms with van der Waals surface area (Å²) in [6, 6.07) is 14.7. The highest BCUT2D eigenvalue weighted by molar-refractivity contribution is 7.09. The second-order valence-electron chi connectivity index (χ2n) is 9.41. The Balaban J connectivity index is 1.12. The number of carbonyl (C=O) groups excluding carboxylic acids is 2. The minimum Gasteiger partial charge on any atom is -0.347 e. The predicted molar refractivity (Wildman–Crippen MR) is 139 cm³/mol. The molecule has 2 aliphatic heterocycles. The molecule has 5 rings (SSSR count). The van der Waals surface area contributed by atoms with Crippen LogP contribution in [0.4, 0.5) is 4.39 Å². The van der Waals surface area contributed by atoms with E-state index in [9.17, 15) is 14.0 Å². The van der Waals surface area contributed by atoms with E-state index in [4.69, 9.17) is 11.6 Å². The van der Waals surface area contributed by atoms with Crippen molar-refractivity contribution in [1.29, 1.82) is 0 Å². The van der Waals surface area contributed by atoms with Crippen LogP contribution in [0.5, 0.6) is 0 Å². The highest BCUT2D eigenvalue weighted by Gasteiger charge is 2.30. The van der Waals surface area contributed by atoms with Crippen LogP contribution in [-0.4, -0.2) is 58.8 Å². The molecule has 0 bridgehead atoms. The first-order valence-electron chi connectivity index (χ1n) is 12.2. The molecular formula is C27H28ClFN4O2S. The third-order valence-electron chi connectivity index (χ3n) is 6.92. The van der Waals surface area contributed by atoms with Crippen molar-refractivity contribution in [3.63, 3.8) is 0 Å². The van der Waals surface area contributed by atoms with Crippen molar-refractivity contribution in [3.05, 3.63) is 86.6 Å². The number of hydrogen-bond donors (Lipinski definition) is 1. The van der Waals surface area contributed by atoms with E-state index < -0.39 is 5.82 Å². The lowest BCUT2D eigenvalue weighted by Crippen LogP contribution is -2.38. The van der Waals surface area contributed by atoms with Crippen molar-refractivity contribution >= 4 is 34.8 Å². The first kappa shape index (κ1) is 24.9. The standard InChI is InChI=1S/C27H28ClFN4O2S/c28-21-7-4-8-22(29)24(21)27(35)33-13-9-19(10-14-33)26-31-23(17-36-26)25(34)30-20-11-12-32(16-20)15-18-5-2-1-3-6-18/h1-8,17,19-20H,9-16H2,(H,30,34). The maximum atomic E-state index is 14.2. The van der Waals surface area contributed by atoms with Crippen molar-refractivity contribution in [3.8, 4) is 0 Å². The van der Waals surface area contributed by atoms with Crippen LogP contribution < -0.4 is 5.32 Å². The minimum absolute atomic E-state index is 0.0694. The molecule has 1 unspecified atom stereocenters. The van der Waals surface area contributed by atoms with Gasteiger partial charge in [0.1, 0.15) is 11.5 Å². The summed E-state index contributed by atoms with van der Waals surface area (Å²) in [7, 11) is 0. The van der Waals surface area contributed by atoms with Crippen LogP contribution in [0.1, 0.15) is 56.6 Å². The summed E-state index contributed by atoms with van der Waals surface area (Å²) >= 11 is 7.56. The molecule has 2 aromatic carbocycles. The fourth-order valence-electron chi connectivity index (χ4n) is 4.96. The van der Waals surface area contributed by atoms with Gasteiger partial charge in [-0.2, -0.15) is 0 Å². The van der Waals surface area contributed by atoms with E-state index in [2.05, 4.69) is 27.3 Å². The Kier molecular flexibility index (Phi) is 7.65. The number of aromatic nitrogens is 1.